The predicted molar refractivity (Wildman–Crippen MR) is 117 cm³/mol. The number of methoxy groups -OCH3 is 1. The lowest BCUT2D eigenvalue weighted by Crippen LogP contribution is -2.29. The molecule has 29 heavy (non-hydrogen) atoms. The van der Waals surface area contributed by atoms with Crippen molar-refractivity contribution in [3.8, 4) is 0 Å². The summed E-state index contributed by atoms with van der Waals surface area (Å²) < 4.78 is 17.7. The maximum Gasteiger partial charge on any atom is 0.158 e. The summed E-state index contributed by atoms with van der Waals surface area (Å²) in [5.74, 6) is 1.80. The fourth-order valence-corrected chi connectivity index (χ4v) is 5.29. The largest absolute Gasteiger partial charge is 0.497 e. The van der Waals surface area contributed by atoms with Gasteiger partial charge >= 0.3 is 0 Å². The molecule has 0 spiro atoms. The Kier molecular flexibility index (Phi) is 6.17. The smallest absolute Gasteiger partial charge is 0.158 e. The van der Waals surface area contributed by atoms with Crippen LogP contribution >= 0.6 is 0 Å². The minimum Gasteiger partial charge on any atom is -0.497 e. The average Bonchev–Trinajstić information content (AvgIpc) is 2.72. The second-order valence-corrected chi connectivity index (χ2v) is 9.47. The lowest BCUT2D eigenvalue weighted by atomic mass is 9.72. The number of fused-ring (bicyclic) bond motifs is 1. The van der Waals surface area contributed by atoms with Crippen LogP contribution in [0.2, 0.25) is 0 Å². The highest BCUT2D eigenvalue weighted by Crippen LogP contribution is 2.45. The quantitative estimate of drug-likeness (QED) is 0.586. The van der Waals surface area contributed by atoms with Gasteiger partial charge in [0.2, 0.25) is 0 Å². The molecular weight excluding hydrogens is 360 g/mol. The lowest BCUT2D eigenvalue weighted by molar-refractivity contribution is -0.193. The molecule has 2 aliphatic heterocycles. The van der Waals surface area contributed by atoms with Crippen LogP contribution < -0.4 is 0 Å². The molecule has 4 rings (SSSR count). The average molecular weight is 397 g/mol. The van der Waals surface area contributed by atoms with Gasteiger partial charge in [0.25, 0.3) is 0 Å². The Morgan fingerprint density at radius 3 is 2.83 bits per heavy atom. The Labute approximate surface area is 176 Å². The summed E-state index contributed by atoms with van der Waals surface area (Å²) in [6, 6.07) is 6.97. The van der Waals surface area contributed by atoms with Crippen LogP contribution in [-0.2, 0) is 27.1 Å². The zero-order chi connectivity index (χ0) is 20.4. The first-order valence-electron chi connectivity index (χ1n) is 11.3. The third-order valence-corrected chi connectivity index (χ3v) is 7.00. The van der Waals surface area contributed by atoms with E-state index in [1.807, 2.05) is 0 Å². The van der Waals surface area contributed by atoms with Crippen molar-refractivity contribution in [3.05, 3.63) is 58.4 Å². The van der Waals surface area contributed by atoms with Crippen LogP contribution in [-0.4, -0.2) is 20.0 Å². The fraction of sp³-hybridized carbons (Fsp3) is 0.615. The molecule has 0 N–H and O–H groups in total. The molecule has 0 bridgehead atoms. The maximum atomic E-state index is 6.23. The van der Waals surface area contributed by atoms with Crippen molar-refractivity contribution < 1.29 is 14.2 Å². The molecule has 0 aromatic heterocycles. The van der Waals surface area contributed by atoms with Crippen molar-refractivity contribution in [2.75, 3.05) is 13.7 Å². The Bertz CT molecular complexity index is 793. The molecule has 1 aliphatic carbocycles. The first-order chi connectivity index (χ1) is 14.0. The molecule has 3 heteroatoms. The summed E-state index contributed by atoms with van der Waals surface area (Å²) >= 11 is 0. The van der Waals surface area contributed by atoms with Gasteiger partial charge in [-0.15, -0.1) is 0 Å². The Balaban J connectivity index is 1.56. The summed E-state index contributed by atoms with van der Waals surface area (Å²) in [6.07, 6.45) is 12.2. The number of benzene rings is 1. The van der Waals surface area contributed by atoms with Crippen LogP contribution in [0.5, 0.6) is 0 Å². The molecule has 4 atom stereocenters. The van der Waals surface area contributed by atoms with Crippen LogP contribution in [0, 0.1) is 11.3 Å². The van der Waals surface area contributed by atoms with E-state index < -0.39 is 0 Å². The van der Waals surface area contributed by atoms with Crippen LogP contribution in [0.15, 0.2) is 41.7 Å². The van der Waals surface area contributed by atoms with Gasteiger partial charge in [0, 0.05) is 18.9 Å². The normalized spacial score (nSPS) is 32.1. The Morgan fingerprint density at radius 2 is 2.03 bits per heavy atom. The van der Waals surface area contributed by atoms with Crippen LogP contribution in [0.25, 0.3) is 0 Å². The highest BCUT2D eigenvalue weighted by molar-refractivity contribution is 5.39. The third-order valence-electron chi connectivity index (χ3n) is 7.00. The Morgan fingerprint density at radius 1 is 1.17 bits per heavy atom. The van der Waals surface area contributed by atoms with Gasteiger partial charge in [-0.25, -0.2) is 0 Å². The van der Waals surface area contributed by atoms with Gasteiger partial charge in [0.05, 0.1) is 12.7 Å². The van der Waals surface area contributed by atoms with Gasteiger partial charge in [-0.3, -0.25) is 0 Å². The van der Waals surface area contributed by atoms with Crippen molar-refractivity contribution in [1.82, 2.24) is 0 Å². The van der Waals surface area contributed by atoms with Crippen molar-refractivity contribution in [2.24, 2.45) is 11.3 Å². The molecule has 0 saturated carbocycles. The van der Waals surface area contributed by atoms with Crippen molar-refractivity contribution in [3.63, 3.8) is 0 Å². The number of aryl methyl sites for hydroxylation is 1. The highest BCUT2D eigenvalue weighted by atomic mass is 16.7. The van der Waals surface area contributed by atoms with Crippen molar-refractivity contribution in [1.29, 1.82) is 0 Å². The minimum absolute atomic E-state index is 0.0890. The van der Waals surface area contributed by atoms with Crippen LogP contribution in [0.4, 0.5) is 0 Å². The summed E-state index contributed by atoms with van der Waals surface area (Å²) in [4.78, 5) is 0. The SMILES string of the molecule is CCc1ccc([C@H]2C[C@@H](C)C[C@@H](OC)O2)cc1CC1=CC=C2OCCCC2(C)C1. The predicted octanol–water partition coefficient (Wildman–Crippen LogP) is 6.28. The van der Waals surface area contributed by atoms with Crippen LogP contribution in [0.1, 0.15) is 75.7 Å². The molecule has 158 valence electrons. The number of rotatable bonds is 5. The van der Waals surface area contributed by atoms with E-state index in [0.717, 1.165) is 45.1 Å². The van der Waals surface area contributed by atoms with Crippen molar-refractivity contribution >= 4 is 0 Å². The summed E-state index contributed by atoms with van der Waals surface area (Å²) in [7, 11) is 1.75. The molecule has 2 saturated heterocycles. The number of ether oxygens (including phenoxy) is 3. The molecular formula is C26H36O3. The lowest BCUT2D eigenvalue weighted by Gasteiger charge is -2.39. The van der Waals surface area contributed by atoms with Crippen LogP contribution in [0.3, 0.4) is 0 Å². The van der Waals surface area contributed by atoms with Gasteiger partial charge in [0.1, 0.15) is 5.76 Å². The molecule has 1 unspecified atom stereocenters. The van der Waals surface area contributed by atoms with E-state index in [2.05, 4.69) is 51.1 Å². The molecule has 0 radical (unpaired) electrons. The van der Waals surface area contributed by atoms with Gasteiger partial charge in [-0.05, 0) is 67.2 Å². The highest BCUT2D eigenvalue weighted by Gasteiger charge is 2.36. The van der Waals surface area contributed by atoms with Gasteiger partial charge in [0.15, 0.2) is 6.29 Å². The fourth-order valence-electron chi connectivity index (χ4n) is 5.29. The van der Waals surface area contributed by atoms with E-state index in [9.17, 15) is 0 Å². The molecule has 0 amide bonds. The molecule has 3 aliphatic rings. The first-order valence-corrected chi connectivity index (χ1v) is 11.3. The first kappa shape index (κ1) is 20.7. The third kappa shape index (κ3) is 4.46. The minimum atomic E-state index is -0.0890. The standard InChI is InChI=1S/C26H36O3/c1-5-20-8-9-21(23-13-18(2)14-25(27-4)29-23)16-22(20)15-19-7-10-24-26(3,17-19)11-6-12-28-24/h7-10,16,18,23,25H,5-6,11-15,17H2,1-4H3/t18-,23-,25+,26?/m1/s1. The van der Waals surface area contributed by atoms with Gasteiger partial charge in [-0.1, -0.05) is 50.6 Å². The van der Waals surface area contributed by atoms with E-state index in [-0.39, 0.29) is 17.8 Å². The summed E-state index contributed by atoms with van der Waals surface area (Å²) in [5.41, 5.74) is 5.89. The number of hydrogen-bond donors (Lipinski definition) is 0. The summed E-state index contributed by atoms with van der Waals surface area (Å²) in [5, 5.41) is 0. The number of hydrogen-bond acceptors (Lipinski definition) is 3. The zero-order valence-electron chi connectivity index (χ0n) is 18.5. The molecule has 2 heterocycles. The van der Waals surface area contributed by atoms with Crippen molar-refractivity contribution in [2.45, 2.75) is 78.1 Å². The maximum absolute atomic E-state index is 6.23. The molecule has 3 nitrogen and oxygen atoms in total. The monoisotopic (exact) mass is 396 g/mol. The second kappa shape index (κ2) is 8.65. The topological polar surface area (TPSA) is 27.7 Å². The van der Waals surface area contributed by atoms with Gasteiger partial charge in [-0.2, -0.15) is 0 Å². The van der Waals surface area contributed by atoms with E-state index in [1.165, 1.54) is 34.4 Å². The number of allylic oxidation sites excluding steroid dienone is 4. The second-order valence-electron chi connectivity index (χ2n) is 9.47. The zero-order valence-corrected chi connectivity index (χ0v) is 18.5. The van der Waals surface area contributed by atoms with E-state index >= 15 is 0 Å². The molecule has 2 fully saturated rings. The molecule has 1 aromatic rings. The molecule has 1 aromatic carbocycles. The Hall–Kier alpha value is -1.58. The van der Waals surface area contributed by atoms with E-state index in [0.29, 0.717) is 5.92 Å². The van der Waals surface area contributed by atoms with Gasteiger partial charge < -0.3 is 14.2 Å². The van der Waals surface area contributed by atoms with E-state index in [4.69, 9.17) is 14.2 Å². The summed E-state index contributed by atoms with van der Waals surface area (Å²) in [6.45, 7) is 7.79. The van der Waals surface area contributed by atoms with E-state index in [1.54, 1.807) is 7.11 Å².